The van der Waals surface area contributed by atoms with E-state index in [1.807, 2.05) is 31.2 Å². The van der Waals surface area contributed by atoms with Crippen LogP contribution in [0.3, 0.4) is 0 Å². The van der Waals surface area contributed by atoms with E-state index in [-0.39, 0.29) is 12.4 Å². The molecule has 0 aromatic heterocycles. The standard InChI is InChI=1S/C15H12Cl2O3.C14H9Cl3O2S/c1-9-6-11(20-8-15(18)19)3-4-12(9)10-2-5-13(16)14(17)7-10;15-9-2-3-10(11(16)6-9)8-1-4-13(12(17)5-8)20-7-14(18)19/h2-7H,8H2,1H3,(H,18,19);1-6H,7H2,(H,18,19). The molecule has 0 aliphatic heterocycles. The number of rotatable bonds is 8. The summed E-state index contributed by atoms with van der Waals surface area (Å²) in [5.74, 6) is -1.39. The Hall–Kier alpha value is -2.58. The van der Waals surface area contributed by atoms with Crippen LogP contribution >= 0.6 is 69.8 Å². The molecule has 2 N–H and O–H groups in total. The Morgan fingerprint density at radius 2 is 1.35 bits per heavy atom. The summed E-state index contributed by atoms with van der Waals surface area (Å²) in [6, 6.07) is 21.5. The molecule has 40 heavy (non-hydrogen) atoms. The number of carboxylic acid groups (broad SMARTS) is 2. The van der Waals surface area contributed by atoms with E-state index in [1.165, 1.54) is 11.8 Å². The highest BCUT2D eigenvalue weighted by Crippen LogP contribution is 2.35. The summed E-state index contributed by atoms with van der Waals surface area (Å²) in [5, 5.41) is 19.9. The van der Waals surface area contributed by atoms with Crippen molar-refractivity contribution in [1.29, 1.82) is 0 Å². The van der Waals surface area contributed by atoms with Gasteiger partial charge in [0.2, 0.25) is 0 Å². The van der Waals surface area contributed by atoms with Gasteiger partial charge in [-0.1, -0.05) is 82.3 Å². The zero-order chi connectivity index (χ0) is 29.4. The van der Waals surface area contributed by atoms with Gasteiger partial charge in [-0.25, -0.2) is 4.79 Å². The quantitative estimate of drug-likeness (QED) is 0.183. The summed E-state index contributed by atoms with van der Waals surface area (Å²) in [7, 11) is 0. The van der Waals surface area contributed by atoms with Crippen LogP contribution in [0.2, 0.25) is 25.1 Å². The molecule has 208 valence electrons. The van der Waals surface area contributed by atoms with Gasteiger partial charge < -0.3 is 14.9 Å². The summed E-state index contributed by atoms with van der Waals surface area (Å²) < 4.78 is 5.14. The molecule has 4 aromatic rings. The first-order valence-electron chi connectivity index (χ1n) is 11.4. The Morgan fingerprint density at radius 3 is 1.95 bits per heavy atom. The van der Waals surface area contributed by atoms with Crippen molar-refractivity contribution in [2.75, 3.05) is 12.4 Å². The van der Waals surface area contributed by atoms with Crippen molar-refractivity contribution in [2.24, 2.45) is 0 Å². The molecule has 0 atom stereocenters. The van der Waals surface area contributed by atoms with Gasteiger partial charge in [0.15, 0.2) is 6.61 Å². The van der Waals surface area contributed by atoms with Crippen LogP contribution in [-0.2, 0) is 9.59 Å². The molecule has 0 heterocycles. The van der Waals surface area contributed by atoms with Gasteiger partial charge in [-0.3, -0.25) is 4.79 Å². The lowest BCUT2D eigenvalue weighted by Gasteiger charge is -2.10. The molecular formula is C29H21Cl5O5S. The minimum absolute atomic E-state index is 0.0270. The number of ether oxygens (including phenoxy) is 1. The van der Waals surface area contributed by atoms with Crippen LogP contribution in [0, 0.1) is 6.92 Å². The van der Waals surface area contributed by atoms with Gasteiger partial charge in [-0.2, -0.15) is 0 Å². The fourth-order valence-corrected chi connectivity index (χ4v) is 5.31. The molecule has 0 saturated heterocycles. The highest BCUT2D eigenvalue weighted by Gasteiger charge is 2.10. The van der Waals surface area contributed by atoms with Crippen molar-refractivity contribution in [1.82, 2.24) is 0 Å². The molecule has 0 radical (unpaired) electrons. The number of hydrogen-bond donors (Lipinski definition) is 2. The summed E-state index contributed by atoms with van der Waals surface area (Å²) >= 11 is 31.3. The summed E-state index contributed by atoms with van der Waals surface area (Å²) in [5.41, 5.74) is 4.59. The third-order valence-electron chi connectivity index (χ3n) is 5.32. The Kier molecular flexibility index (Phi) is 11.9. The molecule has 0 saturated carbocycles. The maximum atomic E-state index is 10.6. The molecule has 0 spiro atoms. The number of aryl methyl sites for hydroxylation is 1. The number of benzene rings is 4. The van der Waals surface area contributed by atoms with Gasteiger partial charge in [-0.15, -0.1) is 11.8 Å². The summed E-state index contributed by atoms with van der Waals surface area (Å²) in [4.78, 5) is 21.7. The van der Waals surface area contributed by atoms with Gasteiger partial charge in [0, 0.05) is 20.5 Å². The Balaban J connectivity index is 0.000000220. The first-order chi connectivity index (χ1) is 18.9. The average molecular weight is 659 g/mol. The maximum Gasteiger partial charge on any atom is 0.341 e. The average Bonchev–Trinajstić information content (AvgIpc) is 2.89. The molecule has 5 nitrogen and oxygen atoms in total. The second kappa shape index (κ2) is 14.9. The Labute approximate surface area is 260 Å². The van der Waals surface area contributed by atoms with Crippen LogP contribution in [0.15, 0.2) is 77.7 Å². The van der Waals surface area contributed by atoms with Gasteiger partial charge in [-0.05, 0) is 77.7 Å². The lowest BCUT2D eigenvalue weighted by Crippen LogP contribution is -2.09. The topological polar surface area (TPSA) is 83.8 Å². The fraction of sp³-hybridized carbons (Fsp3) is 0.103. The minimum atomic E-state index is -1.00. The predicted octanol–water partition coefficient (Wildman–Crippen LogP) is 9.92. The van der Waals surface area contributed by atoms with Crippen molar-refractivity contribution >= 4 is 81.7 Å². The van der Waals surface area contributed by atoms with Crippen molar-refractivity contribution < 1.29 is 24.5 Å². The number of carbonyl (C=O) groups is 2. The highest BCUT2D eigenvalue weighted by atomic mass is 35.5. The van der Waals surface area contributed by atoms with Crippen molar-refractivity contribution in [2.45, 2.75) is 11.8 Å². The van der Waals surface area contributed by atoms with E-state index in [4.69, 9.17) is 73.0 Å². The van der Waals surface area contributed by atoms with E-state index >= 15 is 0 Å². The first-order valence-corrected chi connectivity index (χ1v) is 14.3. The molecular weight excluding hydrogens is 638 g/mol. The highest BCUT2D eigenvalue weighted by molar-refractivity contribution is 8.00. The number of hydrogen-bond acceptors (Lipinski definition) is 4. The molecule has 0 fully saturated rings. The molecule has 0 aliphatic carbocycles. The van der Waals surface area contributed by atoms with E-state index in [9.17, 15) is 9.59 Å². The number of thioether (sulfide) groups is 1. The largest absolute Gasteiger partial charge is 0.482 e. The Morgan fingerprint density at radius 1 is 0.700 bits per heavy atom. The molecule has 11 heteroatoms. The third-order valence-corrected chi connectivity index (χ3v) is 8.09. The molecule has 0 aliphatic rings. The predicted molar refractivity (Wildman–Crippen MR) is 165 cm³/mol. The van der Waals surface area contributed by atoms with Gasteiger partial charge in [0.1, 0.15) is 5.75 Å². The summed E-state index contributed by atoms with van der Waals surface area (Å²) in [6.07, 6.45) is 0. The summed E-state index contributed by atoms with van der Waals surface area (Å²) in [6.45, 7) is 1.57. The van der Waals surface area contributed by atoms with E-state index in [1.54, 1.807) is 48.5 Å². The minimum Gasteiger partial charge on any atom is -0.482 e. The van der Waals surface area contributed by atoms with Gasteiger partial charge in [0.25, 0.3) is 0 Å². The zero-order valence-electron chi connectivity index (χ0n) is 20.8. The van der Waals surface area contributed by atoms with Crippen molar-refractivity contribution in [3.63, 3.8) is 0 Å². The van der Waals surface area contributed by atoms with E-state index in [0.29, 0.717) is 30.9 Å². The van der Waals surface area contributed by atoms with Crippen LogP contribution in [0.1, 0.15) is 5.56 Å². The number of halogens is 5. The third kappa shape index (κ3) is 9.23. The van der Waals surface area contributed by atoms with E-state index in [0.717, 1.165) is 32.7 Å². The SMILES string of the molecule is Cc1cc(OCC(=O)O)ccc1-c1ccc(Cl)c(Cl)c1.O=C(O)CSc1ccc(-c2ccc(Cl)cc2Cl)cc1Cl. The molecule has 0 bridgehead atoms. The number of aliphatic carboxylic acids is 2. The van der Waals surface area contributed by atoms with Gasteiger partial charge >= 0.3 is 11.9 Å². The maximum absolute atomic E-state index is 10.6. The van der Waals surface area contributed by atoms with Gasteiger partial charge in [0.05, 0.1) is 20.8 Å². The van der Waals surface area contributed by atoms with Crippen LogP contribution in [0.4, 0.5) is 0 Å². The molecule has 4 rings (SSSR count). The normalized spacial score (nSPS) is 10.4. The molecule has 0 amide bonds. The molecule has 4 aromatic carbocycles. The van der Waals surface area contributed by atoms with Crippen molar-refractivity contribution in [3.05, 3.63) is 103 Å². The van der Waals surface area contributed by atoms with Crippen LogP contribution < -0.4 is 4.74 Å². The van der Waals surface area contributed by atoms with E-state index in [2.05, 4.69) is 0 Å². The second-order valence-electron chi connectivity index (χ2n) is 8.24. The lowest BCUT2D eigenvalue weighted by atomic mass is 10.0. The number of carboxylic acids is 2. The van der Waals surface area contributed by atoms with Crippen LogP contribution in [0.25, 0.3) is 22.3 Å². The zero-order valence-corrected chi connectivity index (χ0v) is 25.4. The second-order valence-corrected chi connectivity index (χ2v) is 11.3. The van der Waals surface area contributed by atoms with Crippen molar-refractivity contribution in [3.8, 4) is 28.0 Å². The monoisotopic (exact) mass is 656 g/mol. The van der Waals surface area contributed by atoms with Crippen LogP contribution in [-0.4, -0.2) is 34.5 Å². The fourth-order valence-electron chi connectivity index (χ4n) is 3.51. The van der Waals surface area contributed by atoms with E-state index < -0.39 is 11.9 Å². The lowest BCUT2D eigenvalue weighted by molar-refractivity contribution is -0.139. The smallest absolute Gasteiger partial charge is 0.341 e. The first kappa shape index (κ1) is 31.9. The molecule has 0 unspecified atom stereocenters. The Bertz CT molecular complexity index is 1540. The van der Waals surface area contributed by atoms with Crippen LogP contribution in [0.5, 0.6) is 5.75 Å².